The van der Waals surface area contributed by atoms with E-state index in [1.165, 1.54) is 39.5 Å². The second-order valence-corrected chi connectivity index (χ2v) is 18.3. The number of fused-ring (bicyclic) bond motifs is 2. The third-order valence-corrected chi connectivity index (χ3v) is 13.3. The average Bonchev–Trinajstić information content (AvgIpc) is 3.79. The highest BCUT2D eigenvalue weighted by molar-refractivity contribution is 7.92. The maximum atomic E-state index is 16.3. The summed E-state index contributed by atoms with van der Waals surface area (Å²) in [6, 6.07) is 47.0. The molecule has 9 aromatic rings. The zero-order valence-electron chi connectivity index (χ0n) is 37.8. The topological polar surface area (TPSA) is 163 Å². The number of imidazole rings is 1. The molecule has 0 unspecified atom stereocenters. The normalized spacial score (nSPS) is 13.1. The Labute approximate surface area is 405 Å². The predicted molar refractivity (Wildman–Crippen MR) is 265 cm³/mol. The largest absolute Gasteiger partial charge is 0.487 e. The predicted octanol–water partition coefficient (Wildman–Crippen LogP) is 8.92. The molecule has 0 spiro atoms. The Morgan fingerprint density at radius 1 is 0.704 bits per heavy atom. The van der Waals surface area contributed by atoms with Gasteiger partial charge in [0.05, 0.1) is 17.5 Å². The van der Waals surface area contributed by atoms with Crippen LogP contribution in [0.1, 0.15) is 22.3 Å². The highest BCUT2D eigenvalue weighted by Gasteiger charge is 2.38. The van der Waals surface area contributed by atoms with Crippen molar-refractivity contribution in [2.75, 3.05) is 16.2 Å². The van der Waals surface area contributed by atoms with Gasteiger partial charge in [0.25, 0.3) is 5.91 Å². The van der Waals surface area contributed by atoms with Gasteiger partial charge < -0.3 is 19.5 Å². The summed E-state index contributed by atoms with van der Waals surface area (Å²) in [6.45, 7) is -0.212. The zero-order chi connectivity index (χ0) is 49.2. The van der Waals surface area contributed by atoms with Crippen molar-refractivity contribution in [3.63, 3.8) is 0 Å². The van der Waals surface area contributed by atoms with E-state index in [2.05, 4.69) is 10.3 Å². The lowest BCUT2D eigenvalue weighted by Gasteiger charge is -2.21. The highest BCUT2D eigenvalue weighted by Crippen LogP contribution is 2.40. The van der Waals surface area contributed by atoms with Crippen molar-refractivity contribution in [3.8, 4) is 34.3 Å². The van der Waals surface area contributed by atoms with Crippen LogP contribution >= 0.6 is 0 Å². The van der Waals surface area contributed by atoms with Crippen molar-refractivity contribution >= 4 is 55.2 Å². The SMILES string of the molecule is Cn1c(=O)n(-c2ccc(OCc3ccccc3)nc2OCc2ccccc2)c2ccc(-c3ccc(CC(=O)Nc4ccc5c(F)c(N6CC(=O)NS6(=O)=O)c(OCc6ccccc6)cc5c4)cc3F)cc21. The monoisotopic (exact) mass is 972 g/mol. The van der Waals surface area contributed by atoms with Crippen molar-refractivity contribution in [1.82, 2.24) is 18.8 Å². The van der Waals surface area contributed by atoms with Crippen LogP contribution in [0.2, 0.25) is 0 Å². The second-order valence-electron chi connectivity index (χ2n) is 16.7. The summed E-state index contributed by atoms with van der Waals surface area (Å²) >= 11 is 0. The molecule has 2 N–H and O–H groups in total. The number of aromatic nitrogens is 3. The van der Waals surface area contributed by atoms with Crippen LogP contribution in [0.3, 0.4) is 0 Å². The van der Waals surface area contributed by atoms with Crippen LogP contribution in [0.15, 0.2) is 169 Å². The van der Waals surface area contributed by atoms with Gasteiger partial charge in [-0.1, -0.05) is 109 Å². The molecule has 1 saturated heterocycles. The number of rotatable bonds is 15. The smallest absolute Gasteiger partial charge is 0.333 e. The molecule has 0 saturated carbocycles. The van der Waals surface area contributed by atoms with E-state index in [1.807, 2.05) is 71.5 Å². The number of halogens is 2. The van der Waals surface area contributed by atoms with Gasteiger partial charge in [0.1, 0.15) is 49.3 Å². The fourth-order valence-corrected chi connectivity index (χ4v) is 9.55. The van der Waals surface area contributed by atoms with Crippen molar-refractivity contribution in [2.45, 2.75) is 26.2 Å². The number of benzene rings is 7. The molecule has 0 bridgehead atoms. The van der Waals surface area contributed by atoms with Gasteiger partial charge in [0.2, 0.25) is 17.7 Å². The van der Waals surface area contributed by atoms with E-state index in [-0.39, 0.29) is 65.6 Å². The zero-order valence-corrected chi connectivity index (χ0v) is 38.7. The Bertz CT molecular complexity index is 3690. The van der Waals surface area contributed by atoms with Crippen molar-refractivity contribution in [3.05, 3.63) is 208 Å². The molecular weight excluding hydrogens is 931 g/mol. The van der Waals surface area contributed by atoms with E-state index in [1.54, 1.807) is 73.8 Å². The Hall–Kier alpha value is -8.83. The number of amides is 2. The number of anilines is 2. The number of hydrogen-bond acceptors (Lipinski definition) is 9. The minimum atomic E-state index is -4.39. The van der Waals surface area contributed by atoms with Gasteiger partial charge in [-0.25, -0.2) is 22.6 Å². The summed E-state index contributed by atoms with van der Waals surface area (Å²) in [5, 5.41) is 3.07. The molecule has 3 heterocycles. The van der Waals surface area contributed by atoms with Gasteiger partial charge in [-0.3, -0.25) is 18.7 Å². The molecule has 10 rings (SSSR count). The molecule has 356 valence electrons. The summed E-state index contributed by atoms with van der Waals surface area (Å²) in [5.41, 5.74) is 4.60. The maximum Gasteiger partial charge on any atom is 0.333 e. The summed E-state index contributed by atoms with van der Waals surface area (Å²) in [4.78, 5) is 44.2. The van der Waals surface area contributed by atoms with Gasteiger partial charge in [-0.15, -0.1) is 0 Å². The molecule has 2 amide bonds. The number of carbonyl (C=O) groups excluding carboxylic acids is 2. The van der Waals surface area contributed by atoms with Crippen LogP contribution in [-0.2, 0) is 53.1 Å². The van der Waals surface area contributed by atoms with Crippen LogP contribution in [0, 0.1) is 11.6 Å². The number of nitrogens with zero attached hydrogens (tertiary/aromatic N) is 4. The van der Waals surface area contributed by atoms with E-state index in [4.69, 9.17) is 14.2 Å². The van der Waals surface area contributed by atoms with Crippen LogP contribution in [0.5, 0.6) is 17.5 Å². The lowest BCUT2D eigenvalue weighted by atomic mass is 10.0. The molecule has 0 radical (unpaired) electrons. The number of pyridine rings is 1. The van der Waals surface area contributed by atoms with Crippen molar-refractivity contribution in [2.24, 2.45) is 7.05 Å². The van der Waals surface area contributed by atoms with E-state index >= 15 is 8.78 Å². The van der Waals surface area contributed by atoms with Gasteiger partial charge in [-0.05, 0) is 81.7 Å². The summed E-state index contributed by atoms with van der Waals surface area (Å²) in [5.74, 6) is -2.49. The molecule has 1 aliphatic heterocycles. The summed E-state index contributed by atoms with van der Waals surface area (Å²) in [6.07, 6.45) is -0.211. The fraction of sp³-hybridized carbons (Fsp3) is 0.111. The number of nitrogens with one attached hydrogen (secondary N) is 2. The van der Waals surface area contributed by atoms with Gasteiger partial charge in [0.15, 0.2) is 5.82 Å². The van der Waals surface area contributed by atoms with Gasteiger partial charge in [0, 0.05) is 29.8 Å². The molecule has 14 nitrogen and oxygen atoms in total. The van der Waals surface area contributed by atoms with Crippen LogP contribution in [0.4, 0.5) is 20.2 Å². The first-order chi connectivity index (χ1) is 34.4. The van der Waals surface area contributed by atoms with E-state index in [9.17, 15) is 22.8 Å². The molecule has 0 aliphatic carbocycles. The number of ether oxygens (including phenoxy) is 3. The molecule has 0 atom stereocenters. The molecule has 17 heteroatoms. The minimum Gasteiger partial charge on any atom is -0.487 e. The Balaban J connectivity index is 0.881. The third-order valence-electron chi connectivity index (χ3n) is 11.9. The first kappa shape index (κ1) is 45.9. The first-order valence-electron chi connectivity index (χ1n) is 22.3. The maximum absolute atomic E-state index is 16.3. The second kappa shape index (κ2) is 19.3. The van der Waals surface area contributed by atoms with Crippen LogP contribution < -0.4 is 34.2 Å². The third kappa shape index (κ3) is 9.62. The highest BCUT2D eigenvalue weighted by atomic mass is 32.2. The molecule has 2 aromatic heterocycles. The van der Waals surface area contributed by atoms with E-state index in [0.29, 0.717) is 38.0 Å². The lowest BCUT2D eigenvalue weighted by molar-refractivity contribution is -0.117. The Morgan fingerprint density at radius 2 is 1.37 bits per heavy atom. The van der Waals surface area contributed by atoms with Crippen LogP contribution in [-0.4, -0.2) is 40.9 Å². The quantitative estimate of drug-likeness (QED) is 0.102. The number of aryl methyl sites for hydroxylation is 1. The van der Waals surface area contributed by atoms with Crippen LogP contribution in [0.25, 0.3) is 38.6 Å². The molecular formula is C54H42F2N6O8S. The average molecular weight is 973 g/mol. The van der Waals surface area contributed by atoms with E-state index < -0.39 is 45.9 Å². The van der Waals surface area contributed by atoms with Gasteiger partial charge in [-0.2, -0.15) is 13.4 Å². The lowest BCUT2D eigenvalue weighted by Crippen LogP contribution is -2.30. The molecule has 1 fully saturated rings. The number of hydrogen-bond donors (Lipinski definition) is 2. The number of carbonyl (C=O) groups is 2. The Kier molecular flexibility index (Phi) is 12.5. The molecule has 71 heavy (non-hydrogen) atoms. The first-order valence-corrected chi connectivity index (χ1v) is 23.7. The van der Waals surface area contributed by atoms with E-state index in [0.717, 1.165) is 16.7 Å². The minimum absolute atomic E-state index is 0.0145. The fourth-order valence-electron chi connectivity index (χ4n) is 8.39. The standard InChI is InChI=1S/C54H42F2N6O8S/c1-60-46-28-38(18-22-44(46)62(54(60)65)45-23-24-50(69-32-35-13-7-3-8-14-35)58-53(45)70-33-36-15-9-4-10-16-36)41-20-17-37(25-43(41)55)26-48(63)57-40-19-21-42-39(27-40)29-47(68-31-34-11-5-2-6-12-34)52(51(42)56)61-30-49(64)59-71(61,66)67/h2-25,27-29H,26,30-33H2,1H3,(H,57,63)(H,59,64). The molecule has 7 aromatic carbocycles. The van der Waals surface area contributed by atoms with Crippen molar-refractivity contribution in [1.29, 1.82) is 0 Å². The summed E-state index contributed by atoms with van der Waals surface area (Å²) in [7, 11) is -2.77. The Morgan fingerprint density at radius 3 is 2.01 bits per heavy atom. The molecule has 1 aliphatic rings. The van der Waals surface area contributed by atoms with Gasteiger partial charge >= 0.3 is 15.9 Å². The van der Waals surface area contributed by atoms with Crippen molar-refractivity contribution < 1.29 is 41.0 Å². The summed E-state index contributed by atoms with van der Waals surface area (Å²) < 4.78 is 81.7.